The second kappa shape index (κ2) is 7.38. The Morgan fingerprint density at radius 2 is 2.18 bits per heavy atom. The number of nitrogens with one attached hydrogen (secondary N) is 1. The molecule has 0 bridgehead atoms. The number of carbonyl (C=O) groups excluding carboxylic acids is 1. The van der Waals surface area contributed by atoms with Crippen molar-refractivity contribution in [2.75, 3.05) is 0 Å². The molecule has 142 valence electrons. The van der Waals surface area contributed by atoms with Gasteiger partial charge < -0.3 is 5.32 Å². The lowest BCUT2D eigenvalue weighted by atomic mass is 9.96. The van der Waals surface area contributed by atoms with E-state index in [2.05, 4.69) is 40.4 Å². The van der Waals surface area contributed by atoms with Gasteiger partial charge in [-0.3, -0.25) is 14.2 Å². The summed E-state index contributed by atoms with van der Waals surface area (Å²) in [5, 5.41) is 2.93. The zero-order chi connectivity index (χ0) is 19.7. The lowest BCUT2D eigenvalue weighted by Crippen LogP contribution is -2.27. The summed E-state index contributed by atoms with van der Waals surface area (Å²) in [6.07, 6.45) is 12.2. The van der Waals surface area contributed by atoms with Crippen molar-refractivity contribution in [1.82, 2.24) is 19.7 Å². The Labute approximate surface area is 162 Å². The van der Waals surface area contributed by atoms with Crippen LogP contribution in [0.3, 0.4) is 0 Å². The third-order valence-electron chi connectivity index (χ3n) is 4.92. The maximum Gasteiger partial charge on any atom is 0.252 e. The minimum atomic E-state index is -0.403. The van der Waals surface area contributed by atoms with Crippen LogP contribution in [-0.2, 0) is 0 Å². The van der Waals surface area contributed by atoms with E-state index in [0.717, 1.165) is 23.9 Å². The van der Waals surface area contributed by atoms with Gasteiger partial charge in [-0.1, -0.05) is 25.2 Å². The van der Waals surface area contributed by atoms with Gasteiger partial charge in [0.25, 0.3) is 5.91 Å². The highest BCUT2D eigenvalue weighted by molar-refractivity contribution is 5.96. The molecule has 1 N–H and O–H groups in total. The van der Waals surface area contributed by atoms with E-state index >= 15 is 0 Å². The third-order valence-corrected chi connectivity index (χ3v) is 4.92. The van der Waals surface area contributed by atoms with Crippen LogP contribution in [0.4, 0.5) is 4.39 Å². The van der Waals surface area contributed by atoms with E-state index in [-0.39, 0.29) is 11.9 Å². The van der Waals surface area contributed by atoms with Crippen molar-refractivity contribution in [3.63, 3.8) is 0 Å². The molecule has 2 atom stereocenters. The maximum atomic E-state index is 13.1. The fraction of sp³-hybridized carbons (Fsp3) is 0.227. The summed E-state index contributed by atoms with van der Waals surface area (Å²) in [6, 6.07) is 6.20. The number of aromatic nitrogens is 3. The van der Waals surface area contributed by atoms with Crippen LogP contribution in [0.1, 0.15) is 48.1 Å². The van der Waals surface area contributed by atoms with Crippen molar-refractivity contribution >= 4 is 17.1 Å². The molecule has 0 aromatic carbocycles. The van der Waals surface area contributed by atoms with Crippen LogP contribution in [0, 0.1) is 11.7 Å². The summed E-state index contributed by atoms with van der Waals surface area (Å²) >= 11 is 0. The molecular weight excluding hydrogens is 355 g/mol. The fourth-order valence-corrected chi connectivity index (χ4v) is 3.29. The monoisotopic (exact) mass is 376 g/mol. The van der Waals surface area contributed by atoms with E-state index in [4.69, 9.17) is 0 Å². The smallest absolute Gasteiger partial charge is 0.252 e. The molecule has 2 unspecified atom stereocenters. The summed E-state index contributed by atoms with van der Waals surface area (Å²) in [5.74, 6) is -0.114. The van der Waals surface area contributed by atoms with Crippen LogP contribution in [0.2, 0.25) is 0 Å². The number of allylic oxidation sites excluding steroid dienone is 4. The molecule has 0 aliphatic heterocycles. The van der Waals surface area contributed by atoms with E-state index in [9.17, 15) is 9.18 Å². The van der Waals surface area contributed by atoms with Crippen LogP contribution >= 0.6 is 0 Å². The van der Waals surface area contributed by atoms with E-state index in [1.807, 2.05) is 23.6 Å². The lowest BCUT2D eigenvalue weighted by Gasteiger charge is -2.16. The van der Waals surface area contributed by atoms with Crippen LogP contribution in [0.5, 0.6) is 0 Å². The van der Waals surface area contributed by atoms with Gasteiger partial charge in [-0.25, -0.2) is 9.37 Å². The Balaban J connectivity index is 1.64. The molecule has 0 saturated carbocycles. The third kappa shape index (κ3) is 3.58. The normalized spacial score (nSPS) is 17.4. The zero-order valence-electron chi connectivity index (χ0n) is 15.8. The number of pyridine rings is 2. The van der Waals surface area contributed by atoms with Crippen molar-refractivity contribution in [2.24, 2.45) is 5.92 Å². The van der Waals surface area contributed by atoms with Crippen LogP contribution in [0.15, 0.2) is 61.1 Å². The highest BCUT2D eigenvalue weighted by Crippen LogP contribution is 2.26. The Hall–Kier alpha value is -3.28. The molecule has 1 aliphatic rings. The summed E-state index contributed by atoms with van der Waals surface area (Å²) in [6.45, 7) is 3.99. The quantitative estimate of drug-likeness (QED) is 0.737. The number of fused-ring (bicyclic) bond motifs is 1. The Morgan fingerprint density at radius 3 is 2.89 bits per heavy atom. The molecule has 3 aromatic rings. The first kappa shape index (κ1) is 18.1. The average Bonchev–Trinajstić information content (AvgIpc) is 3.17. The molecule has 1 amide bonds. The average molecular weight is 376 g/mol. The number of carbonyl (C=O) groups is 1. The minimum Gasteiger partial charge on any atom is -0.344 e. The highest BCUT2D eigenvalue weighted by atomic mass is 19.1. The lowest BCUT2D eigenvalue weighted by molar-refractivity contribution is 0.0939. The summed E-state index contributed by atoms with van der Waals surface area (Å²) in [4.78, 5) is 21.3. The van der Waals surface area contributed by atoms with Gasteiger partial charge in [-0.15, -0.1) is 0 Å². The SMILES string of the molecule is CC1C=CC(c2cc(C(=O)NC(C)c3ccc(F)cn3)cc3nccn23)=CC1. The second-order valence-electron chi connectivity index (χ2n) is 7.11. The number of hydrogen-bond acceptors (Lipinski definition) is 3. The topological polar surface area (TPSA) is 59.3 Å². The molecular formula is C22H21FN4O. The minimum absolute atomic E-state index is 0.223. The van der Waals surface area contributed by atoms with Gasteiger partial charge in [-0.2, -0.15) is 0 Å². The summed E-state index contributed by atoms with van der Waals surface area (Å²) < 4.78 is 15.1. The number of halogens is 1. The van der Waals surface area contributed by atoms with E-state index in [1.165, 1.54) is 6.07 Å². The Kier molecular flexibility index (Phi) is 4.77. The van der Waals surface area contributed by atoms with Crippen LogP contribution < -0.4 is 5.32 Å². The first-order valence-corrected chi connectivity index (χ1v) is 9.29. The van der Waals surface area contributed by atoms with Gasteiger partial charge in [0.2, 0.25) is 0 Å². The first-order chi connectivity index (χ1) is 13.5. The highest BCUT2D eigenvalue weighted by Gasteiger charge is 2.17. The molecule has 0 radical (unpaired) electrons. The van der Waals surface area contributed by atoms with E-state index < -0.39 is 5.82 Å². The van der Waals surface area contributed by atoms with Crippen molar-refractivity contribution in [3.05, 3.63) is 83.9 Å². The molecule has 0 fully saturated rings. The molecule has 5 nitrogen and oxygen atoms in total. The largest absolute Gasteiger partial charge is 0.344 e. The Morgan fingerprint density at radius 1 is 1.32 bits per heavy atom. The van der Waals surface area contributed by atoms with Crippen molar-refractivity contribution in [2.45, 2.75) is 26.3 Å². The van der Waals surface area contributed by atoms with Gasteiger partial charge in [-0.05, 0) is 49.1 Å². The fourth-order valence-electron chi connectivity index (χ4n) is 3.29. The molecule has 3 heterocycles. The molecule has 6 heteroatoms. The zero-order valence-corrected chi connectivity index (χ0v) is 15.8. The predicted octanol–water partition coefficient (Wildman–Crippen LogP) is 4.34. The van der Waals surface area contributed by atoms with Crippen molar-refractivity contribution in [3.8, 4) is 0 Å². The molecule has 28 heavy (non-hydrogen) atoms. The van der Waals surface area contributed by atoms with Gasteiger partial charge in [0.15, 0.2) is 0 Å². The van der Waals surface area contributed by atoms with Crippen molar-refractivity contribution in [1.29, 1.82) is 0 Å². The molecule has 4 rings (SSSR count). The standard InChI is InChI=1S/C22H21FN4O/c1-14-3-5-16(6-4-14)20-11-17(12-21-24-9-10-27(20)21)22(28)26-15(2)19-8-7-18(23)13-25-19/h3,5-15H,4H2,1-2H3,(H,26,28). The molecule has 3 aromatic heterocycles. The van der Waals surface area contributed by atoms with Crippen LogP contribution in [0.25, 0.3) is 11.2 Å². The predicted molar refractivity (Wildman–Crippen MR) is 106 cm³/mol. The van der Waals surface area contributed by atoms with Gasteiger partial charge in [0.05, 0.1) is 23.6 Å². The van der Waals surface area contributed by atoms with Gasteiger partial charge in [0, 0.05) is 18.0 Å². The summed E-state index contributed by atoms with van der Waals surface area (Å²) in [5.41, 5.74) is 3.84. The second-order valence-corrected chi connectivity index (χ2v) is 7.11. The number of imidazole rings is 1. The maximum absolute atomic E-state index is 13.1. The van der Waals surface area contributed by atoms with Crippen molar-refractivity contribution < 1.29 is 9.18 Å². The molecule has 0 saturated heterocycles. The van der Waals surface area contributed by atoms with E-state index in [1.54, 1.807) is 18.3 Å². The summed E-state index contributed by atoms with van der Waals surface area (Å²) in [7, 11) is 0. The first-order valence-electron chi connectivity index (χ1n) is 9.29. The Bertz CT molecular complexity index is 1080. The van der Waals surface area contributed by atoms with Gasteiger partial charge >= 0.3 is 0 Å². The number of nitrogens with zero attached hydrogens (tertiary/aromatic N) is 3. The number of rotatable bonds is 4. The molecule has 1 aliphatic carbocycles. The van der Waals surface area contributed by atoms with E-state index in [0.29, 0.717) is 22.8 Å². The number of amides is 1. The van der Waals surface area contributed by atoms with Crippen LogP contribution in [-0.4, -0.2) is 20.3 Å². The number of hydrogen-bond donors (Lipinski definition) is 1. The molecule has 0 spiro atoms. The van der Waals surface area contributed by atoms with Gasteiger partial charge in [0.1, 0.15) is 11.5 Å².